The van der Waals surface area contributed by atoms with Gasteiger partial charge in [-0.15, -0.1) is 0 Å². The molecule has 1 aromatic rings. The van der Waals surface area contributed by atoms with E-state index in [1.165, 1.54) is 12.5 Å². The molecule has 1 aliphatic rings. The number of nitrogens with two attached hydrogens (primary N) is 1. The van der Waals surface area contributed by atoms with Gasteiger partial charge in [0.1, 0.15) is 5.82 Å². The topological polar surface area (TPSA) is 72.2 Å². The van der Waals surface area contributed by atoms with Gasteiger partial charge in [-0.05, 0) is 56.7 Å². The zero-order valence-corrected chi connectivity index (χ0v) is 13.2. The molecule has 1 aromatic carbocycles. The van der Waals surface area contributed by atoms with Crippen LogP contribution in [0.25, 0.3) is 0 Å². The van der Waals surface area contributed by atoms with Crippen LogP contribution < -0.4 is 10.5 Å². The molecule has 0 heterocycles. The molecule has 0 bridgehead atoms. The third kappa shape index (κ3) is 3.44. The Morgan fingerprint density at radius 1 is 1.38 bits per heavy atom. The minimum atomic E-state index is -3.68. The average Bonchev–Trinajstić information content (AvgIpc) is 2.88. The summed E-state index contributed by atoms with van der Waals surface area (Å²) < 4.78 is 40.9. The van der Waals surface area contributed by atoms with E-state index in [9.17, 15) is 12.8 Å². The monoisotopic (exact) mass is 312 g/mol. The van der Waals surface area contributed by atoms with Crippen LogP contribution in [0.15, 0.2) is 22.6 Å². The summed E-state index contributed by atoms with van der Waals surface area (Å²) in [7, 11) is -3.68. The van der Waals surface area contributed by atoms with E-state index in [2.05, 4.69) is 10.8 Å². The van der Waals surface area contributed by atoms with E-state index < -0.39 is 15.8 Å². The number of benzene rings is 1. The minimum Gasteiger partial charge on any atom is -0.396 e. The number of hydrogen-bond donors (Lipinski definition) is 2. The molecule has 0 amide bonds. The Hall–Kier alpha value is -1.40. The highest BCUT2D eigenvalue weighted by Gasteiger charge is 2.22. The number of aryl methyl sites for hydroxylation is 1. The van der Waals surface area contributed by atoms with Crippen molar-refractivity contribution in [2.75, 3.05) is 12.3 Å². The van der Waals surface area contributed by atoms with E-state index in [1.807, 2.05) is 0 Å². The number of rotatable bonds is 5. The van der Waals surface area contributed by atoms with Gasteiger partial charge < -0.3 is 5.73 Å². The summed E-state index contributed by atoms with van der Waals surface area (Å²) >= 11 is 0. The maximum Gasteiger partial charge on any atom is 0.241 e. The molecule has 0 aliphatic heterocycles. The van der Waals surface area contributed by atoms with Gasteiger partial charge in [0.15, 0.2) is 0 Å². The second kappa shape index (κ2) is 6.15. The first kappa shape index (κ1) is 16.0. The fourth-order valence-corrected chi connectivity index (χ4v) is 4.24. The van der Waals surface area contributed by atoms with Gasteiger partial charge in [0, 0.05) is 6.54 Å². The van der Waals surface area contributed by atoms with Crippen LogP contribution in [0.4, 0.5) is 10.1 Å². The lowest BCUT2D eigenvalue weighted by Gasteiger charge is -2.14. The first-order valence-corrected chi connectivity index (χ1v) is 8.54. The number of anilines is 1. The lowest BCUT2D eigenvalue weighted by atomic mass is 10.1. The van der Waals surface area contributed by atoms with E-state index in [1.54, 1.807) is 6.92 Å². The molecule has 6 heteroatoms. The lowest BCUT2D eigenvalue weighted by Crippen LogP contribution is -2.27. The molecule has 0 aromatic heterocycles. The Morgan fingerprint density at radius 2 is 2.10 bits per heavy atom. The Labute approximate surface area is 125 Å². The molecule has 3 N–H and O–H groups in total. The molecule has 0 atom stereocenters. The molecule has 0 spiro atoms. The average molecular weight is 312 g/mol. The molecule has 1 aliphatic carbocycles. The van der Waals surface area contributed by atoms with Crippen molar-refractivity contribution in [3.8, 4) is 0 Å². The van der Waals surface area contributed by atoms with Crippen molar-refractivity contribution < 1.29 is 12.8 Å². The van der Waals surface area contributed by atoms with Crippen molar-refractivity contribution in [2.24, 2.45) is 0 Å². The Kier molecular flexibility index (Phi) is 4.68. The summed E-state index contributed by atoms with van der Waals surface area (Å²) in [5.41, 5.74) is 7.42. The van der Waals surface area contributed by atoms with Crippen LogP contribution in [-0.2, 0) is 10.0 Å². The molecule has 4 nitrogen and oxygen atoms in total. The van der Waals surface area contributed by atoms with Gasteiger partial charge in [-0.25, -0.2) is 17.5 Å². The van der Waals surface area contributed by atoms with Crippen LogP contribution in [0, 0.1) is 19.7 Å². The van der Waals surface area contributed by atoms with E-state index in [0.717, 1.165) is 25.3 Å². The molecule has 116 valence electrons. The highest BCUT2D eigenvalue weighted by molar-refractivity contribution is 7.89. The number of hydrogen-bond acceptors (Lipinski definition) is 3. The first-order valence-electron chi connectivity index (χ1n) is 7.05. The quantitative estimate of drug-likeness (QED) is 0.648. The zero-order chi connectivity index (χ0) is 15.6. The summed E-state index contributed by atoms with van der Waals surface area (Å²) in [4.78, 5) is 0.0850. The summed E-state index contributed by atoms with van der Waals surface area (Å²) in [5, 5.41) is 0. The van der Waals surface area contributed by atoms with Crippen molar-refractivity contribution in [3.63, 3.8) is 0 Å². The number of allylic oxidation sites excluding steroid dienone is 1. The fourth-order valence-electron chi connectivity index (χ4n) is 2.73. The molecular weight excluding hydrogens is 291 g/mol. The summed E-state index contributed by atoms with van der Waals surface area (Å²) in [6.45, 7) is 3.45. The molecule has 0 saturated heterocycles. The maximum atomic E-state index is 13.5. The Morgan fingerprint density at radius 3 is 2.71 bits per heavy atom. The normalized spacial score (nSPS) is 15.3. The van der Waals surface area contributed by atoms with Crippen LogP contribution in [-0.4, -0.2) is 15.0 Å². The van der Waals surface area contributed by atoms with Gasteiger partial charge in [-0.2, -0.15) is 0 Å². The largest absolute Gasteiger partial charge is 0.396 e. The number of sulfonamides is 1. The number of halogens is 1. The second-order valence-corrected chi connectivity index (χ2v) is 7.15. The third-order valence-corrected chi connectivity index (χ3v) is 5.60. The van der Waals surface area contributed by atoms with Crippen LogP contribution in [0.2, 0.25) is 0 Å². The summed E-state index contributed by atoms with van der Waals surface area (Å²) in [6, 6.07) is 1.16. The summed E-state index contributed by atoms with van der Waals surface area (Å²) in [6.07, 6.45) is 6.15. The standard InChI is InChI=1S/C15H21FN2O2S/c1-10-9-13(16)14(17)11(2)15(10)21(19,20)18-8-7-12-5-3-4-6-12/h5,9,18H,3-4,6-8,17H2,1-2H3. The van der Waals surface area contributed by atoms with E-state index in [0.29, 0.717) is 18.5 Å². The number of nitrogen functional groups attached to an aromatic ring is 1. The smallest absolute Gasteiger partial charge is 0.241 e. The third-order valence-electron chi connectivity index (χ3n) is 3.85. The maximum absolute atomic E-state index is 13.5. The Bertz CT molecular complexity index is 681. The van der Waals surface area contributed by atoms with Gasteiger partial charge in [-0.3, -0.25) is 0 Å². The van der Waals surface area contributed by atoms with Gasteiger partial charge in [0.25, 0.3) is 0 Å². The minimum absolute atomic E-state index is 0.0850. The summed E-state index contributed by atoms with van der Waals surface area (Å²) in [5.74, 6) is -0.583. The lowest BCUT2D eigenvalue weighted by molar-refractivity contribution is 0.578. The van der Waals surface area contributed by atoms with Crippen molar-refractivity contribution in [1.29, 1.82) is 0 Å². The van der Waals surface area contributed by atoms with Gasteiger partial charge >= 0.3 is 0 Å². The molecule has 0 saturated carbocycles. The van der Waals surface area contributed by atoms with Crippen molar-refractivity contribution >= 4 is 15.7 Å². The molecule has 0 unspecified atom stereocenters. The molecule has 0 radical (unpaired) electrons. The van der Waals surface area contributed by atoms with Crippen LogP contribution in [0.1, 0.15) is 36.8 Å². The first-order chi connectivity index (χ1) is 9.83. The van der Waals surface area contributed by atoms with Gasteiger partial charge in [0.2, 0.25) is 10.0 Å². The van der Waals surface area contributed by atoms with Crippen molar-refractivity contribution in [2.45, 2.75) is 44.4 Å². The van der Waals surface area contributed by atoms with Crippen molar-refractivity contribution in [1.82, 2.24) is 4.72 Å². The predicted octanol–water partition coefficient (Wildman–Crippen LogP) is 2.80. The number of nitrogens with one attached hydrogen (secondary N) is 1. The van der Waals surface area contributed by atoms with E-state index >= 15 is 0 Å². The van der Waals surface area contributed by atoms with E-state index in [4.69, 9.17) is 5.73 Å². The second-order valence-electron chi connectivity index (χ2n) is 5.45. The van der Waals surface area contributed by atoms with Crippen LogP contribution in [0.3, 0.4) is 0 Å². The SMILES string of the molecule is Cc1cc(F)c(N)c(C)c1S(=O)(=O)NCCC1=CCCC1. The van der Waals surface area contributed by atoms with Crippen LogP contribution >= 0.6 is 0 Å². The Balaban J connectivity index is 2.17. The molecule has 2 rings (SSSR count). The van der Waals surface area contributed by atoms with Crippen LogP contribution in [0.5, 0.6) is 0 Å². The van der Waals surface area contributed by atoms with Gasteiger partial charge in [0.05, 0.1) is 10.6 Å². The van der Waals surface area contributed by atoms with Gasteiger partial charge in [-0.1, -0.05) is 11.6 Å². The molecule has 21 heavy (non-hydrogen) atoms. The van der Waals surface area contributed by atoms with E-state index in [-0.39, 0.29) is 16.1 Å². The highest BCUT2D eigenvalue weighted by atomic mass is 32.2. The highest BCUT2D eigenvalue weighted by Crippen LogP contribution is 2.27. The van der Waals surface area contributed by atoms with Crippen molar-refractivity contribution in [3.05, 3.63) is 34.7 Å². The zero-order valence-electron chi connectivity index (χ0n) is 12.4. The molecule has 0 fully saturated rings. The molecular formula is C15H21FN2O2S. The predicted molar refractivity (Wildman–Crippen MR) is 82.0 cm³/mol. The fraction of sp³-hybridized carbons (Fsp3) is 0.467.